The van der Waals surface area contributed by atoms with E-state index in [1.54, 1.807) is 0 Å². The van der Waals surface area contributed by atoms with Gasteiger partial charge in [0.15, 0.2) is 11.5 Å². The lowest BCUT2D eigenvalue weighted by Gasteiger charge is -2.36. The number of rotatable bonds is 2. The van der Waals surface area contributed by atoms with Gasteiger partial charge in [-0.1, -0.05) is 148 Å². The van der Waals surface area contributed by atoms with Gasteiger partial charge in [-0.2, -0.15) is 0 Å². The first-order valence-electron chi connectivity index (χ1n) is 18.4. The van der Waals surface area contributed by atoms with Crippen molar-refractivity contribution in [2.45, 2.75) is 26.2 Å². The van der Waals surface area contributed by atoms with Crippen LogP contribution in [0.5, 0.6) is 11.5 Å². The van der Waals surface area contributed by atoms with E-state index >= 15 is 0 Å². The third-order valence-electron chi connectivity index (χ3n) is 12.2. The van der Waals surface area contributed by atoms with Crippen LogP contribution in [0.25, 0.3) is 54.9 Å². The lowest BCUT2D eigenvalue weighted by molar-refractivity contribution is 0.478. The monoisotopic (exact) mass is 699 g/mol. The zero-order chi connectivity index (χ0) is 34.9. The molecule has 0 unspecified atom stereocenters. The first kappa shape index (κ1) is 30.0. The number of hydrogen-bond acceptors (Lipinski definition) is 2. The van der Waals surface area contributed by atoms with E-state index in [1.807, 2.05) is 0 Å². The first-order chi connectivity index (χ1) is 25.3. The van der Waals surface area contributed by atoms with Gasteiger partial charge in [0.05, 0.1) is 17.1 Å². The third-order valence-corrected chi connectivity index (χ3v) is 19.3. The summed E-state index contributed by atoms with van der Waals surface area (Å²) in [6.07, 6.45) is 0. The summed E-state index contributed by atoms with van der Waals surface area (Å²) in [4.78, 5) is 2.52. The van der Waals surface area contributed by atoms with Crippen molar-refractivity contribution >= 4 is 75.5 Å². The van der Waals surface area contributed by atoms with E-state index in [0.717, 1.165) is 22.9 Å². The molecule has 0 radical (unpaired) electrons. The molecule has 3 aliphatic rings. The van der Waals surface area contributed by atoms with Crippen LogP contribution in [0, 0.1) is 0 Å². The summed E-state index contributed by atoms with van der Waals surface area (Å²) >= 11 is 0. The molecule has 0 atom stereocenters. The van der Waals surface area contributed by atoms with Crippen LogP contribution >= 0.6 is 0 Å². The van der Waals surface area contributed by atoms with Crippen LogP contribution in [0.3, 0.4) is 0 Å². The molecule has 0 amide bonds. The van der Waals surface area contributed by atoms with Crippen LogP contribution in [-0.4, -0.2) is 16.1 Å². The van der Waals surface area contributed by atoms with E-state index in [1.165, 1.54) is 81.4 Å². The Morgan fingerprint density at radius 2 is 0.885 bits per heavy atom. The second-order valence-electron chi connectivity index (χ2n) is 15.7. The molecule has 3 aliphatic heterocycles. The highest BCUT2D eigenvalue weighted by Gasteiger charge is 2.43. The maximum Gasteiger partial charge on any atom is 0.152 e. The zero-order valence-electron chi connectivity index (χ0n) is 29.8. The minimum Gasteiger partial charge on any atom is -0.453 e. The molecule has 52 heavy (non-hydrogen) atoms. The Kier molecular flexibility index (Phi) is 6.02. The maximum absolute atomic E-state index is 7.21. The van der Waals surface area contributed by atoms with Gasteiger partial charge < -0.3 is 9.64 Å². The van der Waals surface area contributed by atoms with Crippen LogP contribution in [0.4, 0.5) is 17.1 Å². The largest absolute Gasteiger partial charge is 0.453 e. The Morgan fingerprint density at radius 3 is 1.44 bits per heavy atom. The molecule has 8 aromatic rings. The van der Waals surface area contributed by atoms with Crippen molar-refractivity contribution in [3.8, 4) is 44.9 Å². The predicted octanol–water partition coefficient (Wildman–Crippen LogP) is 10.8. The van der Waals surface area contributed by atoms with Gasteiger partial charge in [-0.25, -0.2) is 0 Å². The molecule has 0 bridgehead atoms. The average molecular weight is 700 g/mol. The molecule has 0 saturated heterocycles. The molecule has 4 heteroatoms. The highest BCUT2D eigenvalue weighted by molar-refractivity contribution is 7.04. The van der Waals surface area contributed by atoms with Crippen LogP contribution < -0.4 is 30.4 Å². The van der Waals surface area contributed by atoms with E-state index in [-0.39, 0.29) is 0 Å². The summed E-state index contributed by atoms with van der Waals surface area (Å²) in [6, 6.07) is 56.6. The molecule has 0 saturated carbocycles. The summed E-state index contributed by atoms with van der Waals surface area (Å²) < 4.78 is 7.21. The topological polar surface area (TPSA) is 12.5 Å². The predicted molar refractivity (Wildman–Crippen MR) is 226 cm³/mol. The molecule has 8 aromatic carbocycles. The molecule has 0 N–H and O–H groups in total. The Balaban J connectivity index is 1.21. The Hall–Kier alpha value is -5.69. The van der Waals surface area contributed by atoms with Gasteiger partial charge in [-0.3, -0.25) is 0 Å². The van der Waals surface area contributed by atoms with Crippen molar-refractivity contribution in [3.63, 3.8) is 0 Å². The maximum atomic E-state index is 7.21. The number of nitrogens with zero attached hydrogens (tertiary/aromatic N) is 1. The lowest BCUT2D eigenvalue weighted by atomic mass is 9.95. The Morgan fingerprint density at radius 1 is 0.404 bits per heavy atom. The quantitative estimate of drug-likeness (QED) is 0.167. The summed E-state index contributed by atoms with van der Waals surface area (Å²) in [5.74, 6) is 1.82. The van der Waals surface area contributed by atoms with E-state index in [9.17, 15) is 0 Å². The molecule has 3 heterocycles. The number of anilines is 3. The highest BCUT2D eigenvalue weighted by atomic mass is 28.3. The van der Waals surface area contributed by atoms with E-state index in [0.29, 0.717) is 0 Å². The fourth-order valence-corrected chi connectivity index (χ4v) is 15.7. The van der Waals surface area contributed by atoms with Gasteiger partial charge in [-0.05, 0) is 100 Å². The molecule has 0 fully saturated rings. The van der Waals surface area contributed by atoms with Gasteiger partial charge >= 0.3 is 0 Å². The normalized spacial score (nSPS) is 15.3. The number of para-hydroxylation sites is 1. The number of ether oxygens (including phenoxy) is 1. The molecule has 11 rings (SSSR count). The summed E-state index contributed by atoms with van der Waals surface area (Å²) in [5, 5.41) is 11.2. The van der Waals surface area contributed by atoms with Crippen LogP contribution in [0.15, 0.2) is 152 Å². The van der Waals surface area contributed by atoms with Crippen LogP contribution in [0.2, 0.25) is 26.2 Å². The van der Waals surface area contributed by atoms with Gasteiger partial charge in [0.1, 0.15) is 16.1 Å². The van der Waals surface area contributed by atoms with E-state index in [2.05, 4.69) is 183 Å². The van der Waals surface area contributed by atoms with Gasteiger partial charge in [0, 0.05) is 5.56 Å². The van der Waals surface area contributed by atoms with Crippen LogP contribution in [0.1, 0.15) is 0 Å². The summed E-state index contributed by atoms with van der Waals surface area (Å²) in [7, 11) is -4.08. The summed E-state index contributed by atoms with van der Waals surface area (Å²) in [5.41, 5.74) is 11.2. The third kappa shape index (κ3) is 3.94. The van der Waals surface area contributed by atoms with Gasteiger partial charge in [0.25, 0.3) is 0 Å². The van der Waals surface area contributed by atoms with Crippen LogP contribution in [-0.2, 0) is 0 Å². The Bertz CT molecular complexity index is 2680. The molecule has 248 valence electrons. The molecular formula is C48H37NOSi2. The molecule has 2 nitrogen and oxygen atoms in total. The number of hydrogen-bond donors (Lipinski definition) is 0. The molecule has 0 spiro atoms. The van der Waals surface area contributed by atoms with Gasteiger partial charge in [-0.15, -0.1) is 0 Å². The van der Waals surface area contributed by atoms with Crippen molar-refractivity contribution < 1.29 is 4.74 Å². The van der Waals surface area contributed by atoms with Gasteiger partial charge in [0.2, 0.25) is 0 Å². The molecular weight excluding hydrogens is 663 g/mol. The second kappa shape index (κ2) is 10.4. The first-order valence-corrected chi connectivity index (χ1v) is 24.4. The zero-order valence-corrected chi connectivity index (χ0v) is 31.8. The minimum absolute atomic E-state index is 0.910. The van der Waals surface area contributed by atoms with E-state index in [4.69, 9.17) is 4.74 Å². The highest BCUT2D eigenvalue weighted by Crippen LogP contribution is 2.55. The standard InChI is InChI=1S/C48H37NOSi2/c1-51(2)43-24-22-31-16-8-10-19-34(31)47(43)36-26-41-39(28-45(36)51)49(38-21-13-12-18-33(38)30-14-6-5-7-15-30)40-29-46-37(27-42(40)50-41)48-35-20-11-9-17-32(35)23-25-44(48)52(46,3)4/h5-29H,1-4H3. The average Bonchev–Trinajstić information content (AvgIpc) is 3.54. The Labute approximate surface area is 306 Å². The fraction of sp³-hybridized carbons (Fsp3) is 0.0833. The van der Waals surface area contributed by atoms with Crippen molar-refractivity contribution in [2.75, 3.05) is 4.90 Å². The lowest BCUT2D eigenvalue weighted by Crippen LogP contribution is -2.49. The van der Waals surface area contributed by atoms with Crippen molar-refractivity contribution in [3.05, 3.63) is 152 Å². The van der Waals surface area contributed by atoms with Crippen molar-refractivity contribution in [1.82, 2.24) is 0 Å². The fourth-order valence-electron chi connectivity index (χ4n) is 9.59. The molecule has 0 aromatic heterocycles. The second-order valence-corrected chi connectivity index (χ2v) is 24.4. The SMILES string of the molecule is C[Si]1(C)c2cc3c(cc2-c2c1ccc1ccccc21)Oc1cc2c(cc1N3c1ccccc1-c1ccccc1)[Si](C)(C)c1ccc3ccccc3c1-2. The van der Waals surface area contributed by atoms with Crippen molar-refractivity contribution in [2.24, 2.45) is 0 Å². The van der Waals surface area contributed by atoms with E-state index < -0.39 is 16.1 Å². The summed E-state index contributed by atoms with van der Waals surface area (Å²) in [6.45, 7) is 10.1. The molecule has 0 aliphatic carbocycles. The van der Waals surface area contributed by atoms with Crippen molar-refractivity contribution in [1.29, 1.82) is 0 Å². The smallest absolute Gasteiger partial charge is 0.152 e. The number of benzene rings is 8. The minimum atomic E-state index is -2.04. The number of fused-ring (bicyclic) bond motifs is 12.